The van der Waals surface area contributed by atoms with Crippen LogP contribution in [0.15, 0.2) is 36.9 Å². The Morgan fingerprint density at radius 3 is 3.04 bits per heavy atom. The van der Waals surface area contributed by atoms with Crippen LogP contribution in [-0.2, 0) is 6.54 Å². The lowest BCUT2D eigenvalue weighted by Crippen LogP contribution is -2.17. The number of hydrogen-bond donors (Lipinski definition) is 1. The molecule has 0 spiro atoms. The first kappa shape index (κ1) is 15.5. The quantitative estimate of drug-likeness (QED) is 0.499. The van der Waals surface area contributed by atoms with Gasteiger partial charge in [-0.15, -0.1) is 0 Å². The van der Waals surface area contributed by atoms with E-state index >= 15 is 0 Å². The first-order valence-electron chi connectivity index (χ1n) is 7.83. The average Bonchev–Trinajstić information content (AvgIpc) is 3.28. The molecule has 3 aromatic heterocycles. The van der Waals surface area contributed by atoms with Crippen molar-refractivity contribution >= 4 is 39.4 Å². The number of hydrogen-bond acceptors (Lipinski definition) is 3. The van der Waals surface area contributed by atoms with Crippen molar-refractivity contribution < 1.29 is 0 Å². The second kappa shape index (κ2) is 6.49. The monoisotopic (exact) mass is 439 g/mol. The van der Waals surface area contributed by atoms with Crippen molar-refractivity contribution in [2.45, 2.75) is 25.9 Å². The van der Waals surface area contributed by atoms with Crippen LogP contribution in [-0.4, -0.2) is 31.7 Å². The molecular formula is C16H19IN5P. The SMILES string of the molecule is CC1CC(Cn2ccc3cc(-c4cnn(PI)c4)cnc32)CN1. The molecule has 5 nitrogen and oxygen atoms in total. The number of fused-ring (bicyclic) bond motifs is 1. The van der Waals surface area contributed by atoms with Gasteiger partial charge in [0.05, 0.1) is 12.6 Å². The van der Waals surface area contributed by atoms with E-state index in [-0.39, 0.29) is 0 Å². The minimum atomic E-state index is 0.627. The Morgan fingerprint density at radius 1 is 1.39 bits per heavy atom. The highest BCUT2D eigenvalue weighted by molar-refractivity contribution is 14.2. The Balaban J connectivity index is 1.60. The van der Waals surface area contributed by atoms with Gasteiger partial charge in [-0.1, -0.05) is 0 Å². The Labute approximate surface area is 150 Å². The Bertz CT molecular complexity index is 827. The Morgan fingerprint density at radius 2 is 2.30 bits per heavy atom. The maximum atomic E-state index is 4.72. The molecule has 0 radical (unpaired) electrons. The summed E-state index contributed by atoms with van der Waals surface area (Å²) in [4.78, 5) is 4.72. The zero-order chi connectivity index (χ0) is 15.8. The van der Waals surface area contributed by atoms with Crippen molar-refractivity contribution in [3.8, 4) is 11.1 Å². The maximum absolute atomic E-state index is 4.72. The molecule has 0 saturated carbocycles. The summed E-state index contributed by atoms with van der Waals surface area (Å²) in [5.74, 6) is 0.699. The summed E-state index contributed by atoms with van der Waals surface area (Å²) >= 11 is 2.33. The van der Waals surface area contributed by atoms with Gasteiger partial charge in [0.1, 0.15) is 5.65 Å². The first-order valence-corrected chi connectivity index (χ1v) is 11.9. The summed E-state index contributed by atoms with van der Waals surface area (Å²) in [7, 11) is 0. The van der Waals surface area contributed by atoms with E-state index < -0.39 is 0 Å². The van der Waals surface area contributed by atoms with E-state index in [1.54, 1.807) is 0 Å². The molecule has 120 valence electrons. The molecule has 0 aromatic carbocycles. The van der Waals surface area contributed by atoms with E-state index in [2.05, 4.69) is 68.5 Å². The lowest BCUT2D eigenvalue weighted by atomic mass is 10.1. The minimum absolute atomic E-state index is 0.627. The largest absolute Gasteiger partial charge is 0.332 e. The van der Waals surface area contributed by atoms with Crippen LogP contribution in [0.3, 0.4) is 0 Å². The van der Waals surface area contributed by atoms with E-state index in [1.165, 1.54) is 11.8 Å². The molecule has 1 fully saturated rings. The molecule has 1 aliphatic rings. The third-order valence-corrected chi connectivity index (χ3v) is 6.40. The highest BCUT2D eigenvalue weighted by atomic mass is 127. The van der Waals surface area contributed by atoms with Crippen LogP contribution in [0.2, 0.25) is 0 Å². The van der Waals surface area contributed by atoms with Crippen molar-refractivity contribution in [2.75, 3.05) is 6.54 Å². The van der Waals surface area contributed by atoms with Crippen LogP contribution < -0.4 is 5.32 Å². The van der Waals surface area contributed by atoms with Crippen molar-refractivity contribution in [1.82, 2.24) is 24.4 Å². The molecule has 4 rings (SSSR count). The zero-order valence-corrected chi connectivity index (χ0v) is 16.1. The van der Waals surface area contributed by atoms with Crippen molar-refractivity contribution in [1.29, 1.82) is 0 Å². The maximum Gasteiger partial charge on any atom is 0.139 e. The predicted molar refractivity (Wildman–Crippen MR) is 104 cm³/mol. The van der Waals surface area contributed by atoms with Crippen LogP contribution in [0.5, 0.6) is 0 Å². The fourth-order valence-corrected chi connectivity index (χ4v) is 4.43. The minimum Gasteiger partial charge on any atom is -0.332 e. The standard InChI is InChI=1S/C16H19IN5P/c1-11-4-12(6-18-11)9-21-3-2-13-5-14(7-19-16(13)21)15-8-20-22(10-15)23-17/h2-3,5,7-8,10-12,18,23H,4,6,9H2,1H3. The van der Waals surface area contributed by atoms with Gasteiger partial charge in [-0.25, -0.2) is 9.44 Å². The van der Waals surface area contributed by atoms with Gasteiger partial charge in [-0.2, -0.15) is 5.10 Å². The first-order chi connectivity index (χ1) is 11.2. The second-order valence-corrected chi connectivity index (χ2v) is 8.35. The number of aromatic nitrogens is 4. The van der Waals surface area contributed by atoms with Gasteiger partial charge >= 0.3 is 0 Å². The van der Waals surface area contributed by atoms with Gasteiger partial charge in [0, 0.05) is 47.7 Å². The average molecular weight is 439 g/mol. The summed E-state index contributed by atoms with van der Waals surface area (Å²) in [5.41, 5.74) is 3.34. The Kier molecular flexibility index (Phi) is 4.39. The fourth-order valence-electron chi connectivity index (χ4n) is 3.35. The molecule has 0 aliphatic carbocycles. The smallest absolute Gasteiger partial charge is 0.139 e. The lowest BCUT2D eigenvalue weighted by molar-refractivity contribution is 0.481. The number of nitrogens with one attached hydrogen (secondary N) is 1. The molecule has 0 bridgehead atoms. The predicted octanol–water partition coefficient (Wildman–Crippen LogP) is 3.69. The molecule has 0 amide bonds. The van der Waals surface area contributed by atoms with Gasteiger partial charge < -0.3 is 9.88 Å². The van der Waals surface area contributed by atoms with E-state index in [4.69, 9.17) is 4.98 Å². The second-order valence-electron chi connectivity index (χ2n) is 6.27. The third-order valence-electron chi connectivity index (χ3n) is 4.50. The van der Waals surface area contributed by atoms with Crippen LogP contribution in [0, 0.1) is 5.92 Å². The van der Waals surface area contributed by atoms with E-state index in [0.29, 0.717) is 18.3 Å². The number of halogens is 1. The van der Waals surface area contributed by atoms with Crippen LogP contribution in [0.1, 0.15) is 13.3 Å². The molecule has 3 atom stereocenters. The number of pyridine rings is 1. The number of nitrogens with zero attached hydrogens (tertiary/aromatic N) is 4. The van der Waals surface area contributed by atoms with Crippen LogP contribution >= 0.6 is 28.4 Å². The summed E-state index contributed by atoms with van der Waals surface area (Å²) in [6, 6.07) is 5.02. The molecule has 4 heterocycles. The molecule has 23 heavy (non-hydrogen) atoms. The van der Waals surface area contributed by atoms with Crippen molar-refractivity contribution in [3.63, 3.8) is 0 Å². The van der Waals surface area contributed by atoms with Crippen molar-refractivity contribution in [3.05, 3.63) is 36.9 Å². The van der Waals surface area contributed by atoms with Crippen molar-refractivity contribution in [2.24, 2.45) is 5.92 Å². The molecule has 1 aliphatic heterocycles. The fraction of sp³-hybridized carbons (Fsp3) is 0.375. The molecule has 7 heteroatoms. The number of rotatable bonds is 4. The summed E-state index contributed by atoms with van der Waals surface area (Å²) in [5, 5.41) is 9.08. The van der Waals surface area contributed by atoms with E-state index in [9.17, 15) is 0 Å². The van der Waals surface area contributed by atoms with Gasteiger partial charge in [-0.3, -0.25) is 0 Å². The zero-order valence-electron chi connectivity index (χ0n) is 12.9. The van der Waals surface area contributed by atoms with Crippen LogP contribution in [0.25, 0.3) is 22.2 Å². The molecule has 3 unspecified atom stereocenters. The lowest BCUT2D eigenvalue weighted by Gasteiger charge is -2.11. The van der Waals surface area contributed by atoms with Gasteiger partial charge in [0.2, 0.25) is 0 Å². The van der Waals surface area contributed by atoms with E-state index in [1.807, 2.05) is 16.8 Å². The molecule has 1 N–H and O–H groups in total. The highest BCUT2D eigenvalue weighted by Gasteiger charge is 2.21. The normalized spacial score (nSPS) is 21.8. The topological polar surface area (TPSA) is 47.7 Å². The third kappa shape index (κ3) is 3.16. The van der Waals surface area contributed by atoms with Gasteiger partial charge in [0.15, 0.2) is 0 Å². The summed E-state index contributed by atoms with van der Waals surface area (Å²) in [6.45, 7) is 4.41. The van der Waals surface area contributed by atoms with Gasteiger partial charge in [0.25, 0.3) is 0 Å². The summed E-state index contributed by atoms with van der Waals surface area (Å²) in [6.07, 6.45) is 10.00. The Hall–Kier alpha value is -0.980. The van der Waals surface area contributed by atoms with Crippen LogP contribution in [0.4, 0.5) is 0 Å². The van der Waals surface area contributed by atoms with Gasteiger partial charge in [-0.05, 0) is 60.0 Å². The molecule has 3 aromatic rings. The highest BCUT2D eigenvalue weighted by Crippen LogP contribution is 2.28. The molecular weight excluding hydrogens is 420 g/mol. The molecule has 1 saturated heterocycles. The van der Waals surface area contributed by atoms with E-state index in [0.717, 1.165) is 29.9 Å². The summed E-state index contributed by atoms with van der Waals surface area (Å²) < 4.78 is 4.25.